The average molecular weight is 568 g/mol. The third kappa shape index (κ3) is 6.48. The van der Waals surface area contributed by atoms with Gasteiger partial charge in [0.2, 0.25) is 0 Å². The van der Waals surface area contributed by atoms with E-state index in [9.17, 15) is 29.4 Å². The first-order valence-corrected chi connectivity index (χ1v) is 14.5. The van der Waals surface area contributed by atoms with Crippen LogP contribution in [0.3, 0.4) is 0 Å². The molecule has 2 heterocycles. The summed E-state index contributed by atoms with van der Waals surface area (Å²) in [4.78, 5) is 14.3. The van der Waals surface area contributed by atoms with Crippen LogP contribution in [0.5, 0.6) is 0 Å². The zero-order valence-electron chi connectivity index (χ0n) is 20.8. The fraction of sp³-hybridized carbons (Fsp3) is 0.333. The Hall–Kier alpha value is -3.52. The number of carbonyl (C=O) groups excluding carboxylic acids is 1. The van der Waals surface area contributed by atoms with Crippen LogP contribution in [0.1, 0.15) is 22.3 Å². The first-order chi connectivity index (χ1) is 17.8. The summed E-state index contributed by atoms with van der Waals surface area (Å²) in [6, 6.07) is 9.44. The highest BCUT2D eigenvalue weighted by atomic mass is 32.3. The molecule has 10 nitrogen and oxygen atoms in total. The van der Waals surface area contributed by atoms with E-state index in [0.29, 0.717) is 54.3 Å². The molecule has 0 saturated carbocycles. The molecule has 0 bridgehead atoms. The molecule has 2 aromatic carbocycles. The van der Waals surface area contributed by atoms with Crippen molar-refractivity contribution in [3.05, 3.63) is 70.9 Å². The molecule has 1 aliphatic heterocycles. The largest absolute Gasteiger partial charge is 0.346 e. The average Bonchev–Trinajstić information content (AvgIpc) is 3.47. The molecule has 1 saturated heterocycles. The maximum Gasteiger partial charge on any atom is 0.332 e. The molecular weight excluding hydrogens is 540 g/mol. The number of aryl methyl sites for hydroxylation is 2. The summed E-state index contributed by atoms with van der Waals surface area (Å²) < 4.78 is 75.1. The molecule has 1 aromatic heterocycles. The van der Waals surface area contributed by atoms with Gasteiger partial charge in [0.15, 0.2) is 5.82 Å². The molecule has 0 radical (unpaired) electrons. The van der Waals surface area contributed by atoms with Crippen LogP contribution >= 0.6 is 0 Å². The number of nitrogens with zero attached hydrogens (tertiary/aromatic N) is 4. The number of benzene rings is 2. The van der Waals surface area contributed by atoms with Crippen LogP contribution in [-0.4, -0.2) is 57.2 Å². The van der Waals surface area contributed by atoms with E-state index >= 15 is 0 Å². The molecule has 2 amide bonds. The van der Waals surface area contributed by atoms with Gasteiger partial charge in [-0.2, -0.15) is 21.9 Å². The molecule has 38 heavy (non-hydrogen) atoms. The highest BCUT2D eigenvalue weighted by molar-refractivity contribution is 7.86. The molecule has 1 N–H and O–H groups in total. The predicted molar refractivity (Wildman–Crippen MR) is 136 cm³/mol. The molecule has 1 aliphatic rings. The van der Waals surface area contributed by atoms with Gasteiger partial charge >= 0.3 is 26.5 Å². The lowest BCUT2D eigenvalue weighted by Gasteiger charge is -2.25. The highest BCUT2D eigenvalue weighted by Crippen LogP contribution is 2.25. The summed E-state index contributed by atoms with van der Waals surface area (Å²) in [6.45, 7) is 5.76. The van der Waals surface area contributed by atoms with Gasteiger partial charge < -0.3 is 15.1 Å². The van der Waals surface area contributed by atoms with Gasteiger partial charge in [0, 0.05) is 45.0 Å². The van der Waals surface area contributed by atoms with Crippen molar-refractivity contribution in [3.63, 3.8) is 0 Å². The van der Waals surface area contributed by atoms with Crippen molar-refractivity contribution in [3.8, 4) is 0 Å². The van der Waals surface area contributed by atoms with Crippen LogP contribution in [0.4, 0.5) is 18.4 Å². The minimum absolute atomic E-state index is 0.104. The smallest absolute Gasteiger partial charge is 0.332 e. The number of halogens is 2. The molecule has 1 fully saturated rings. The van der Waals surface area contributed by atoms with E-state index < -0.39 is 30.2 Å². The van der Waals surface area contributed by atoms with Gasteiger partial charge in [-0.3, -0.25) is 4.68 Å². The quantitative estimate of drug-likeness (QED) is 0.374. The summed E-state index contributed by atoms with van der Waals surface area (Å²) in [5, 5.41) is 7.32. The van der Waals surface area contributed by atoms with Crippen molar-refractivity contribution in [2.24, 2.45) is 0 Å². The second-order valence-electron chi connectivity index (χ2n) is 9.06. The Bertz CT molecular complexity index is 1490. The molecule has 14 heteroatoms. The van der Waals surface area contributed by atoms with Crippen LogP contribution in [0.2, 0.25) is 0 Å². The van der Waals surface area contributed by atoms with Gasteiger partial charge in [-0.25, -0.2) is 4.79 Å². The third-order valence-electron chi connectivity index (χ3n) is 6.42. The van der Waals surface area contributed by atoms with Crippen LogP contribution in [0.15, 0.2) is 58.5 Å². The topological polar surface area (TPSA) is 122 Å². The number of carbonyl (C=O) groups is 1. The fourth-order valence-corrected chi connectivity index (χ4v) is 5.19. The monoisotopic (exact) mass is 567 g/mol. The number of anilines is 1. The van der Waals surface area contributed by atoms with Crippen molar-refractivity contribution in [2.75, 3.05) is 24.5 Å². The van der Waals surface area contributed by atoms with Gasteiger partial charge in [-0.1, -0.05) is 12.1 Å². The molecule has 0 aliphatic carbocycles. The summed E-state index contributed by atoms with van der Waals surface area (Å²) in [5.41, 5.74) is 2.44. The van der Waals surface area contributed by atoms with E-state index in [1.807, 2.05) is 0 Å². The van der Waals surface area contributed by atoms with Gasteiger partial charge in [-0.15, -0.1) is 7.77 Å². The van der Waals surface area contributed by atoms with Crippen LogP contribution in [-0.2, 0) is 40.1 Å². The zero-order valence-corrected chi connectivity index (χ0v) is 22.4. The van der Waals surface area contributed by atoms with E-state index in [0.717, 1.165) is 0 Å². The number of urea groups is 1. The predicted octanol–water partition coefficient (Wildman–Crippen LogP) is 3.05. The number of aromatic nitrogens is 2. The third-order valence-corrected chi connectivity index (χ3v) is 8.06. The van der Waals surface area contributed by atoms with Crippen molar-refractivity contribution in [2.45, 2.75) is 43.3 Å². The van der Waals surface area contributed by atoms with Gasteiger partial charge in [0.05, 0.1) is 16.3 Å². The van der Waals surface area contributed by atoms with E-state index in [4.69, 9.17) is 0 Å². The number of nitrogens with one attached hydrogen (secondary N) is 1. The normalized spacial score (nSPS) is 14.1. The van der Waals surface area contributed by atoms with Crippen molar-refractivity contribution >= 4 is 32.3 Å². The van der Waals surface area contributed by atoms with E-state index in [1.165, 1.54) is 36.4 Å². The molecule has 0 spiro atoms. The van der Waals surface area contributed by atoms with Gasteiger partial charge in [0.25, 0.3) is 0 Å². The first kappa shape index (κ1) is 27.5. The lowest BCUT2D eigenvalue weighted by atomic mass is 10.1. The number of amides is 2. The Morgan fingerprint density at radius 1 is 0.895 bits per heavy atom. The minimum atomic E-state index is -4.93. The second-order valence-corrected chi connectivity index (χ2v) is 11.8. The van der Waals surface area contributed by atoms with Crippen molar-refractivity contribution < 1.29 is 29.4 Å². The van der Waals surface area contributed by atoms with Crippen LogP contribution < -0.4 is 10.2 Å². The second kappa shape index (κ2) is 10.7. The van der Waals surface area contributed by atoms with E-state index in [2.05, 4.69) is 10.4 Å². The Balaban J connectivity index is 1.67. The first-order valence-electron chi connectivity index (χ1n) is 11.7. The van der Waals surface area contributed by atoms with Crippen molar-refractivity contribution in [1.29, 1.82) is 0 Å². The fourth-order valence-electron chi connectivity index (χ4n) is 4.16. The SMILES string of the molecule is Cc1ccc(S(=O)(=O)F)cc1CN(Cc1cc(S(=O)(=O)F)ccc1C)c1ccn(CCN2CCNC2=O)n1. The summed E-state index contributed by atoms with van der Waals surface area (Å²) >= 11 is 0. The van der Waals surface area contributed by atoms with Gasteiger partial charge in [-0.05, 0) is 60.4 Å². The summed E-state index contributed by atoms with van der Waals surface area (Å²) in [6.07, 6.45) is 1.72. The highest BCUT2D eigenvalue weighted by Gasteiger charge is 2.21. The maximum absolute atomic E-state index is 13.7. The number of rotatable bonds is 10. The van der Waals surface area contributed by atoms with E-state index in [-0.39, 0.29) is 19.1 Å². The number of hydrogen-bond acceptors (Lipinski definition) is 7. The maximum atomic E-state index is 13.7. The van der Waals surface area contributed by atoms with Crippen LogP contribution in [0, 0.1) is 13.8 Å². The van der Waals surface area contributed by atoms with E-state index in [1.54, 1.807) is 40.6 Å². The lowest BCUT2D eigenvalue weighted by Crippen LogP contribution is -2.31. The molecule has 0 unspecified atom stereocenters. The lowest BCUT2D eigenvalue weighted by molar-refractivity contribution is 0.215. The molecule has 3 aromatic rings. The summed E-state index contributed by atoms with van der Waals surface area (Å²) in [7, 11) is -9.86. The van der Waals surface area contributed by atoms with Crippen molar-refractivity contribution in [1.82, 2.24) is 20.0 Å². The Morgan fingerprint density at radius 2 is 1.45 bits per heavy atom. The molecular formula is C24H27F2N5O5S2. The standard InChI is InChI=1S/C24H27F2N5O5S2/c1-17-3-5-21(37(25,33)34)13-19(17)15-30(16-20-14-22(38(26,35)36)6-4-18(20)2)23-7-9-31(28-23)12-11-29-10-8-27-24(29)32/h3-7,9,13-14H,8,10-12,15-16H2,1-2H3,(H,27,32). The molecule has 0 atom stereocenters. The Morgan fingerprint density at radius 3 is 1.92 bits per heavy atom. The number of hydrogen-bond donors (Lipinski definition) is 1. The van der Waals surface area contributed by atoms with Crippen LogP contribution in [0.25, 0.3) is 0 Å². The molecule has 204 valence electrons. The Labute approximate surface area is 220 Å². The summed E-state index contributed by atoms with van der Waals surface area (Å²) in [5.74, 6) is 0.469. The Kier molecular flexibility index (Phi) is 7.74. The minimum Gasteiger partial charge on any atom is -0.346 e. The van der Waals surface area contributed by atoms with Gasteiger partial charge in [0.1, 0.15) is 0 Å². The molecule has 4 rings (SSSR count). The zero-order chi connectivity index (χ0) is 27.7.